The van der Waals surface area contributed by atoms with E-state index in [1.807, 2.05) is 4.74 Å². The zero-order valence-electron chi connectivity index (χ0n) is 8.76. The van der Waals surface area contributed by atoms with Crippen LogP contribution in [0.5, 0.6) is 0 Å². The molecule has 0 saturated heterocycles. The Bertz CT molecular complexity index is 341. The van der Waals surface area contributed by atoms with Crippen molar-refractivity contribution >= 4 is 0 Å². The Balaban J connectivity index is 0. The molecule has 0 aromatic heterocycles. The van der Waals surface area contributed by atoms with E-state index in [4.69, 9.17) is 0 Å². The summed E-state index contributed by atoms with van der Waals surface area (Å²) < 4.78 is 128. The van der Waals surface area contributed by atoms with Crippen LogP contribution in [0.1, 0.15) is 0 Å². The molecule has 0 N–H and O–H groups in total. The molecule has 0 spiro atoms. The smallest absolute Gasteiger partial charge is 0.397 e. The fraction of sp³-hybridized carbons (Fsp3) is 0.429. The lowest BCUT2D eigenvalue weighted by Crippen LogP contribution is -2.53. The Hall–Kier alpha value is -1.69. The third kappa shape index (κ3) is 5.52. The molecule has 0 amide bonds. The summed E-state index contributed by atoms with van der Waals surface area (Å²) in [6, 6.07) is -3.52. The molecule has 0 unspecified atom stereocenters. The van der Waals surface area contributed by atoms with E-state index >= 15 is 0 Å². The van der Waals surface area contributed by atoms with Crippen LogP contribution >= 0.6 is 0 Å². The first-order valence-electron chi connectivity index (χ1n) is 3.85. The molecule has 0 bridgehead atoms. The van der Waals surface area contributed by atoms with E-state index in [0.29, 0.717) is 6.26 Å². The summed E-state index contributed by atoms with van der Waals surface area (Å²) >= 11 is 0. The molecule has 20 heavy (non-hydrogen) atoms. The molecule has 13 heteroatoms. The fourth-order valence-electron chi connectivity index (χ4n) is 0.380. The second kappa shape index (κ2) is 7.19. The maximum absolute atomic E-state index is 12.0. The van der Waals surface area contributed by atoms with Crippen molar-refractivity contribution in [1.29, 1.82) is 0 Å². The second-order valence-electron chi connectivity index (χ2n) is 2.48. The molecule has 0 saturated carbocycles. The number of hydrogen-bond acceptors (Lipinski definition) is 2. The van der Waals surface area contributed by atoms with Crippen molar-refractivity contribution in [3.63, 3.8) is 0 Å². The number of ether oxygens (including phenoxy) is 1. The van der Waals surface area contributed by atoms with E-state index in [0.717, 1.165) is 0 Å². The maximum Gasteiger partial charge on any atom is 0.476 e. The van der Waals surface area contributed by atoms with Gasteiger partial charge in [0.2, 0.25) is 0 Å². The number of rotatable bonds is 4. The standard InChI is InChI=1S/C5F10O.C2H3FO/c6-1(7)2(8)16-5(14,15)3(9,10)4(11,12)13;1-2-4-3/h;2H,1H2. The molecule has 0 atom stereocenters. The molecule has 120 valence electrons. The summed E-state index contributed by atoms with van der Waals surface area (Å²) in [5.74, 6) is -6.81. The Morgan fingerprint density at radius 1 is 0.900 bits per heavy atom. The monoisotopic (exact) mass is 328 g/mol. The molecule has 0 aromatic carbocycles. The summed E-state index contributed by atoms with van der Waals surface area (Å²) in [6.07, 6.45) is -16.2. The predicted molar refractivity (Wildman–Crippen MR) is 39.8 cm³/mol. The van der Waals surface area contributed by atoms with Crippen LogP contribution in [-0.2, 0) is 9.68 Å². The van der Waals surface area contributed by atoms with Gasteiger partial charge in [0.05, 0.1) is 0 Å². The average molecular weight is 328 g/mol. The van der Waals surface area contributed by atoms with E-state index in [-0.39, 0.29) is 0 Å². The van der Waals surface area contributed by atoms with E-state index in [1.165, 1.54) is 0 Å². The number of hydrogen-bond donors (Lipinski definition) is 0. The molecule has 0 radical (unpaired) electrons. The van der Waals surface area contributed by atoms with Crippen LogP contribution in [-0.4, -0.2) is 18.2 Å². The van der Waals surface area contributed by atoms with Crippen molar-refractivity contribution in [2.24, 2.45) is 0 Å². The van der Waals surface area contributed by atoms with Gasteiger partial charge in [0.15, 0.2) is 0 Å². The van der Waals surface area contributed by atoms with Gasteiger partial charge in [-0.1, -0.05) is 6.58 Å². The van der Waals surface area contributed by atoms with Crippen molar-refractivity contribution < 1.29 is 58.1 Å². The largest absolute Gasteiger partial charge is 0.476 e. The highest BCUT2D eigenvalue weighted by Gasteiger charge is 2.76. The second-order valence-corrected chi connectivity index (χ2v) is 2.48. The molecule has 0 rings (SSSR count). The number of alkyl halides is 7. The topological polar surface area (TPSA) is 18.5 Å². The van der Waals surface area contributed by atoms with Gasteiger partial charge in [0.25, 0.3) is 0 Å². The minimum atomic E-state index is -6.81. The predicted octanol–water partition coefficient (Wildman–Crippen LogP) is 4.86. The van der Waals surface area contributed by atoms with Crippen LogP contribution in [0, 0.1) is 0 Å². The fourth-order valence-corrected chi connectivity index (χ4v) is 0.380. The average Bonchev–Trinajstić information content (AvgIpc) is 2.26. The quantitative estimate of drug-likeness (QED) is 0.542. The lowest BCUT2D eigenvalue weighted by atomic mass is 10.3. The maximum atomic E-state index is 12.0. The van der Waals surface area contributed by atoms with E-state index in [2.05, 4.69) is 11.5 Å². The van der Waals surface area contributed by atoms with E-state index in [9.17, 15) is 48.4 Å². The summed E-state index contributed by atoms with van der Waals surface area (Å²) in [5.41, 5.74) is 0. The number of halogens is 11. The highest BCUT2D eigenvalue weighted by molar-refractivity contribution is 4.90. The van der Waals surface area contributed by atoms with Crippen molar-refractivity contribution in [3.05, 3.63) is 24.9 Å². The molecule has 0 aliphatic heterocycles. The van der Waals surface area contributed by atoms with Gasteiger partial charge in [-0.2, -0.15) is 43.9 Å². The Morgan fingerprint density at radius 2 is 1.25 bits per heavy atom. The normalized spacial score (nSPS) is 11.9. The molecule has 2 nitrogen and oxygen atoms in total. The lowest BCUT2D eigenvalue weighted by Gasteiger charge is -2.26. The Kier molecular flexibility index (Phi) is 7.41. The minimum Gasteiger partial charge on any atom is -0.397 e. The van der Waals surface area contributed by atoms with Gasteiger partial charge in [-0.3, -0.25) is 0 Å². The third-order valence-corrected chi connectivity index (χ3v) is 1.15. The molecular formula is C7H3F11O2. The van der Waals surface area contributed by atoms with Crippen LogP contribution in [0.15, 0.2) is 24.9 Å². The first-order chi connectivity index (χ1) is 8.74. The van der Waals surface area contributed by atoms with Crippen molar-refractivity contribution in [3.8, 4) is 0 Å². The third-order valence-electron chi connectivity index (χ3n) is 1.15. The van der Waals surface area contributed by atoms with Gasteiger partial charge in [-0.05, 0) is 0 Å². The van der Waals surface area contributed by atoms with Gasteiger partial charge >= 0.3 is 30.3 Å². The zero-order chi connectivity index (χ0) is 16.8. The molecule has 0 aromatic rings. The summed E-state index contributed by atoms with van der Waals surface area (Å²) in [4.78, 5) is 2.81. The summed E-state index contributed by atoms with van der Waals surface area (Å²) in [7, 11) is 0. The highest BCUT2D eigenvalue weighted by atomic mass is 19.4. The van der Waals surface area contributed by atoms with Gasteiger partial charge < -0.3 is 9.68 Å². The highest BCUT2D eigenvalue weighted by Crippen LogP contribution is 2.48. The van der Waals surface area contributed by atoms with Crippen LogP contribution < -0.4 is 0 Å². The minimum absolute atomic E-state index is 0.708. The Morgan fingerprint density at radius 3 is 1.45 bits per heavy atom. The van der Waals surface area contributed by atoms with Crippen LogP contribution in [0.25, 0.3) is 0 Å². The SMILES string of the molecule is C=COF.FC(F)=C(F)OC(F)(F)C(F)(F)C(F)(F)F. The molecule has 0 fully saturated rings. The van der Waals surface area contributed by atoms with Gasteiger partial charge in [-0.15, -0.1) is 0 Å². The zero-order valence-corrected chi connectivity index (χ0v) is 8.76. The van der Waals surface area contributed by atoms with Crippen molar-refractivity contribution in [1.82, 2.24) is 0 Å². The summed E-state index contributed by atoms with van der Waals surface area (Å²) in [6.45, 7) is 2.88. The first kappa shape index (κ1) is 20.6. The van der Waals surface area contributed by atoms with Gasteiger partial charge in [-0.25, -0.2) is 0 Å². The van der Waals surface area contributed by atoms with Crippen molar-refractivity contribution in [2.75, 3.05) is 0 Å². The van der Waals surface area contributed by atoms with Gasteiger partial charge in [0.1, 0.15) is 6.26 Å². The molecular weight excluding hydrogens is 325 g/mol. The van der Waals surface area contributed by atoms with Crippen LogP contribution in [0.4, 0.5) is 48.4 Å². The van der Waals surface area contributed by atoms with Gasteiger partial charge in [0, 0.05) is 4.53 Å². The summed E-state index contributed by atoms with van der Waals surface area (Å²) in [5, 5.41) is 0. The van der Waals surface area contributed by atoms with E-state index in [1.54, 1.807) is 0 Å². The first-order valence-corrected chi connectivity index (χ1v) is 3.85. The Labute approximate surface area is 103 Å². The lowest BCUT2D eigenvalue weighted by molar-refractivity contribution is -0.419. The van der Waals surface area contributed by atoms with Crippen LogP contribution in [0.2, 0.25) is 0 Å². The molecule has 0 heterocycles. The van der Waals surface area contributed by atoms with E-state index < -0.39 is 30.3 Å². The van der Waals surface area contributed by atoms with Crippen molar-refractivity contribution in [2.45, 2.75) is 18.2 Å². The molecule has 0 aliphatic carbocycles. The molecule has 0 aliphatic rings. The van der Waals surface area contributed by atoms with Crippen LogP contribution in [0.3, 0.4) is 0 Å².